The first-order valence-electron chi connectivity index (χ1n) is 4.89. The van der Waals surface area contributed by atoms with Gasteiger partial charge in [-0.2, -0.15) is 22.0 Å². The molecule has 104 valence electrons. The standard InChI is InChI=1S/C10H6F5NO3/c11-9(12,13)7(17)4-2-1-3-5-6(4)19-10(14,15)8(18)16-5/h1-3,7,17H,(H,16,18)/t7-/m1/s1. The van der Waals surface area contributed by atoms with Crippen LogP contribution in [0.5, 0.6) is 5.75 Å². The van der Waals surface area contributed by atoms with Gasteiger partial charge in [-0.05, 0) is 6.07 Å². The lowest BCUT2D eigenvalue weighted by Crippen LogP contribution is -2.44. The van der Waals surface area contributed by atoms with Gasteiger partial charge in [-0.25, -0.2) is 0 Å². The molecule has 0 aromatic heterocycles. The molecule has 0 aliphatic carbocycles. The number of rotatable bonds is 1. The third-order valence-corrected chi connectivity index (χ3v) is 2.39. The Morgan fingerprint density at radius 3 is 2.53 bits per heavy atom. The summed E-state index contributed by atoms with van der Waals surface area (Å²) in [6.07, 6.45) is -12.3. The number of amides is 1. The molecule has 4 nitrogen and oxygen atoms in total. The minimum atomic E-state index is -5.05. The van der Waals surface area contributed by atoms with E-state index in [1.54, 1.807) is 5.32 Å². The lowest BCUT2D eigenvalue weighted by Gasteiger charge is -2.28. The average Bonchev–Trinajstić information content (AvgIpc) is 2.27. The Kier molecular flexibility index (Phi) is 2.89. The van der Waals surface area contributed by atoms with Crippen LogP contribution in [0.25, 0.3) is 0 Å². The summed E-state index contributed by atoms with van der Waals surface area (Å²) in [6.45, 7) is 0. The van der Waals surface area contributed by atoms with Crippen molar-refractivity contribution in [2.24, 2.45) is 0 Å². The van der Waals surface area contributed by atoms with Crippen molar-refractivity contribution in [3.05, 3.63) is 23.8 Å². The number of carbonyl (C=O) groups excluding carboxylic acids is 1. The molecule has 0 unspecified atom stereocenters. The molecule has 2 N–H and O–H groups in total. The molecule has 0 saturated carbocycles. The number of para-hydroxylation sites is 1. The summed E-state index contributed by atoms with van der Waals surface area (Å²) >= 11 is 0. The molecule has 0 spiro atoms. The van der Waals surface area contributed by atoms with Gasteiger partial charge in [-0.3, -0.25) is 4.79 Å². The molecule has 0 fully saturated rings. The fourth-order valence-corrected chi connectivity index (χ4v) is 1.53. The maximum atomic E-state index is 13.0. The number of halogens is 5. The molecular weight excluding hydrogens is 277 g/mol. The van der Waals surface area contributed by atoms with Gasteiger partial charge in [0.25, 0.3) is 0 Å². The normalized spacial score (nSPS) is 19.2. The summed E-state index contributed by atoms with van der Waals surface area (Å²) in [4.78, 5) is 10.9. The van der Waals surface area contributed by atoms with E-state index in [0.717, 1.165) is 18.2 Å². The number of carbonyl (C=O) groups is 1. The Bertz CT molecular complexity index is 528. The maximum absolute atomic E-state index is 13.0. The number of hydrogen-bond donors (Lipinski definition) is 2. The fourth-order valence-electron chi connectivity index (χ4n) is 1.53. The predicted octanol–water partition coefficient (Wildman–Crippen LogP) is 2.21. The molecule has 1 heterocycles. The number of nitrogens with one attached hydrogen (secondary N) is 1. The molecule has 1 amide bonds. The molecule has 19 heavy (non-hydrogen) atoms. The van der Waals surface area contributed by atoms with E-state index >= 15 is 0 Å². The second-order valence-electron chi connectivity index (χ2n) is 3.74. The van der Waals surface area contributed by atoms with Crippen molar-refractivity contribution in [1.82, 2.24) is 0 Å². The molecule has 0 saturated heterocycles. The van der Waals surface area contributed by atoms with E-state index in [1.807, 2.05) is 0 Å². The minimum absolute atomic E-state index is 0.364. The maximum Gasteiger partial charge on any atom is 0.482 e. The summed E-state index contributed by atoms with van der Waals surface area (Å²) in [5.41, 5.74) is -1.26. The highest BCUT2D eigenvalue weighted by Gasteiger charge is 2.49. The number of aliphatic hydroxyl groups excluding tert-OH is 1. The summed E-state index contributed by atoms with van der Waals surface area (Å²) in [6, 6.07) is 2.93. The van der Waals surface area contributed by atoms with E-state index in [1.165, 1.54) is 0 Å². The fraction of sp³-hybridized carbons (Fsp3) is 0.300. The molecule has 1 aliphatic rings. The highest BCUT2D eigenvalue weighted by Crippen LogP contribution is 2.44. The van der Waals surface area contributed by atoms with Crippen LogP contribution in [0.1, 0.15) is 11.7 Å². The predicted molar refractivity (Wildman–Crippen MR) is 51.7 cm³/mol. The van der Waals surface area contributed by atoms with Gasteiger partial charge in [0.1, 0.15) is 0 Å². The Hall–Kier alpha value is -1.90. The monoisotopic (exact) mass is 283 g/mol. The molecule has 9 heteroatoms. The molecule has 1 aliphatic heterocycles. The Morgan fingerprint density at radius 1 is 1.32 bits per heavy atom. The molecular formula is C10H6F5NO3. The highest BCUT2D eigenvalue weighted by molar-refractivity contribution is 5.98. The van der Waals surface area contributed by atoms with Crippen LogP contribution >= 0.6 is 0 Å². The van der Waals surface area contributed by atoms with Crippen LogP contribution in [-0.4, -0.2) is 23.3 Å². The second kappa shape index (κ2) is 4.05. The Balaban J connectivity index is 2.51. The van der Waals surface area contributed by atoms with Crippen molar-refractivity contribution in [1.29, 1.82) is 0 Å². The smallest absolute Gasteiger partial charge is 0.423 e. The number of alkyl halides is 5. The van der Waals surface area contributed by atoms with Crippen LogP contribution in [-0.2, 0) is 4.79 Å². The van der Waals surface area contributed by atoms with Gasteiger partial charge >= 0.3 is 18.2 Å². The Labute approximate surface area is 102 Å². The van der Waals surface area contributed by atoms with Gasteiger partial charge < -0.3 is 15.2 Å². The average molecular weight is 283 g/mol. The van der Waals surface area contributed by atoms with Crippen LogP contribution in [0.2, 0.25) is 0 Å². The van der Waals surface area contributed by atoms with E-state index in [2.05, 4.69) is 4.74 Å². The lowest BCUT2D eigenvalue weighted by molar-refractivity contribution is -0.210. The zero-order chi connectivity index (χ0) is 14.4. The molecule has 1 aromatic carbocycles. The van der Waals surface area contributed by atoms with Crippen molar-refractivity contribution >= 4 is 11.6 Å². The molecule has 0 bridgehead atoms. The van der Waals surface area contributed by atoms with E-state index in [0.29, 0.717) is 0 Å². The van der Waals surface area contributed by atoms with Crippen molar-refractivity contribution in [2.75, 3.05) is 5.32 Å². The first kappa shape index (κ1) is 13.5. The number of fused-ring (bicyclic) bond motifs is 1. The first-order valence-corrected chi connectivity index (χ1v) is 4.89. The minimum Gasteiger partial charge on any atom is -0.423 e. The van der Waals surface area contributed by atoms with Crippen LogP contribution in [0.15, 0.2) is 18.2 Å². The van der Waals surface area contributed by atoms with Crippen LogP contribution < -0.4 is 10.1 Å². The van der Waals surface area contributed by atoms with Crippen molar-refractivity contribution in [2.45, 2.75) is 18.4 Å². The number of ether oxygens (including phenoxy) is 1. The number of benzene rings is 1. The largest absolute Gasteiger partial charge is 0.482 e. The quantitative estimate of drug-likeness (QED) is 0.777. The van der Waals surface area contributed by atoms with Gasteiger partial charge in [-0.15, -0.1) is 0 Å². The highest BCUT2D eigenvalue weighted by atomic mass is 19.4. The topological polar surface area (TPSA) is 58.6 Å². The molecule has 0 radical (unpaired) electrons. The van der Waals surface area contributed by atoms with Crippen LogP contribution in [0.4, 0.5) is 27.6 Å². The summed E-state index contributed by atoms with van der Waals surface area (Å²) in [5.74, 6) is -2.70. The summed E-state index contributed by atoms with van der Waals surface area (Å²) in [5, 5.41) is 10.8. The number of anilines is 1. The van der Waals surface area contributed by atoms with Crippen molar-refractivity contribution < 1.29 is 36.6 Å². The zero-order valence-electron chi connectivity index (χ0n) is 8.96. The van der Waals surface area contributed by atoms with Gasteiger partial charge in [-0.1, -0.05) is 12.1 Å². The van der Waals surface area contributed by atoms with Gasteiger partial charge in [0.05, 0.1) is 5.69 Å². The van der Waals surface area contributed by atoms with Crippen LogP contribution in [0, 0.1) is 0 Å². The molecule has 1 aromatic rings. The van der Waals surface area contributed by atoms with Crippen molar-refractivity contribution in [3.63, 3.8) is 0 Å². The molecule has 1 atom stereocenters. The number of hydrogen-bond acceptors (Lipinski definition) is 3. The third-order valence-electron chi connectivity index (χ3n) is 2.39. The van der Waals surface area contributed by atoms with E-state index in [4.69, 9.17) is 5.11 Å². The summed E-state index contributed by atoms with van der Waals surface area (Å²) in [7, 11) is 0. The molecule has 2 rings (SSSR count). The number of aliphatic hydroxyl groups is 1. The van der Waals surface area contributed by atoms with Gasteiger partial charge in [0, 0.05) is 5.56 Å². The first-order chi connectivity index (χ1) is 8.63. The van der Waals surface area contributed by atoms with Crippen molar-refractivity contribution in [3.8, 4) is 5.75 Å². The SMILES string of the molecule is O=C1Nc2cccc([C@@H](O)C(F)(F)F)c2OC1(F)F. The van der Waals surface area contributed by atoms with Crippen LogP contribution in [0.3, 0.4) is 0 Å². The third kappa shape index (κ3) is 2.33. The Morgan fingerprint density at radius 2 is 1.95 bits per heavy atom. The summed E-state index contributed by atoms with van der Waals surface area (Å²) < 4.78 is 67.2. The van der Waals surface area contributed by atoms with Gasteiger partial charge in [0.2, 0.25) is 0 Å². The van der Waals surface area contributed by atoms with E-state index in [9.17, 15) is 26.7 Å². The van der Waals surface area contributed by atoms with E-state index in [-0.39, 0.29) is 5.69 Å². The van der Waals surface area contributed by atoms with E-state index < -0.39 is 35.6 Å². The zero-order valence-corrected chi connectivity index (χ0v) is 8.96. The van der Waals surface area contributed by atoms with Gasteiger partial charge in [0.15, 0.2) is 11.9 Å². The lowest BCUT2D eigenvalue weighted by atomic mass is 10.1. The second-order valence-corrected chi connectivity index (χ2v) is 3.74.